The fourth-order valence-corrected chi connectivity index (χ4v) is 2.86. The number of nitrogens with one attached hydrogen (secondary N) is 2. The summed E-state index contributed by atoms with van der Waals surface area (Å²) in [4.78, 5) is 24.6. The van der Waals surface area contributed by atoms with E-state index in [9.17, 15) is 14.0 Å². The Labute approximate surface area is 171 Å². The number of para-hydroxylation sites is 1. The van der Waals surface area contributed by atoms with Crippen molar-refractivity contribution >= 4 is 35.6 Å². The van der Waals surface area contributed by atoms with E-state index >= 15 is 0 Å². The van der Waals surface area contributed by atoms with Crippen LogP contribution in [-0.2, 0) is 16.0 Å². The van der Waals surface area contributed by atoms with Gasteiger partial charge in [0.15, 0.2) is 0 Å². The van der Waals surface area contributed by atoms with Crippen molar-refractivity contribution in [3.8, 4) is 0 Å². The lowest BCUT2D eigenvalue weighted by Gasteiger charge is -2.28. The molecule has 2 amide bonds. The Balaban J connectivity index is 0.00000392. The van der Waals surface area contributed by atoms with Crippen molar-refractivity contribution in [1.29, 1.82) is 0 Å². The normalized spacial score (nSPS) is 10.7. The first-order valence-corrected chi connectivity index (χ1v) is 9.09. The van der Waals surface area contributed by atoms with Gasteiger partial charge in [-0.3, -0.25) is 9.59 Å². The molecule has 5 nitrogen and oxygen atoms in total. The highest BCUT2D eigenvalue weighted by Crippen LogP contribution is 2.27. The predicted molar refractivity (Wildman–Crippen MR) is 113 cm³/mol. The second-order valence-corrected chi connectivity index (χ2v) is 6.55. The number of amides is 2. The maximum Gasteiger partial charge on any atom is 0.231 e. The molecule has 2 aromatic rings. The molecule has 2 aromatic carbocycles. The van der Waals surface area contributed by atoms with Gasteiger partial charge in [-0.1, -0.05) is 38.1 Å². The number of hydrogen-bond donors (Lipinski definition) is 3. The highest BCUT2D eigenvalue weighted by atomic mass is 35.5. The Morgan fingerprint density at radius 1 is 1.00 bits per heavy atom. The van der Waals surface area contributed by atoms with Crippen LogP contribution in [0.1, 0.15) is 32.3 Å². The molecule has 0 bridgehead atoms. The van der Waals surface area contributed by atoms with Crippen LogP contribution in [0.3, 0.4) is 0 Å². The van der Waals surface area contributed by atoms with E-state index in [1.54, 1.807) is 36.4 Å². The van der Waals surface area contributed by atoms with Crippen molar-refractivity contribution < 1.29 is 14.0 Å². The van der Waals surface area contributed by atoms with E-state index in [0.717, 1.165) is 5.56 Å². The van der Waals surface area contributed by atoms with Crippen LogP contribution >= 0.6 is 12.4 Å². The fraction of sp³-hybridized carbons (Fsp3) is 0.333. The molecular formula is C21H27ClFN3O2. The van der Waals surface area contributed by atoms with Crippen LogP contribution in [0.2, 0.25) is 0 Å². The number of anilines is 2. The SMILES string of the molecule is CCC(CC)(CN)C(=O)Nc1ccc(CC(=O)Nc2ccccc2F)cc1.Cl. The lowest BCUT2D eigenvalue weighted by atomic mass is 9.81. The van der Waals surface area contributed by atoms with Gasteiger partial charge in [0.05, 0.1) is 17.5 Å². The summed E-state index contributed by atoms with van der Waals surface area (Å²) in [6, 6.07) is 13.0. The van der Waals surface area contributed by atoms with Crippen molar-refractivity contribution in [3.63, 3.8) is 0 Å². The summed E-state index contributed by atoms with van der Waals surface area (Å²) in [7, 11) is 0. The molecule has 152 valence electrons. The second kappa shape index (κ2) is 10.8. The van der Waals surface area contributed by atoms with Crippen molar-refractivity contribution in [2.45, 2.75) is 33.1 Å². The first kappa shape index (κ1) is 23.6. The minimum Gasteiger partial charge on any atom is -0.329 e. The Bertz CT molecular complexity index is 784. The fourth-order valence-electron chi connectivity index (χ4n) is 2.86. The number of hydrogen-bond acceptors (Lipinski definition) is 3. The molecule has 0 spiro atoms. The molecule has 2 rings (SSSR count). The molecule has 0 fully saturated rings. The van der Waals surface area contributed by atoms with Crippen LogP contribution in [0.25, 0.3) is 0 Å². The zero-order valence-corrected chi connectivity index (χ0v) is 16.9. The smallest absolute Gasteiger partial charge is 0.231 e. The number of carbonyl (C=O) groups excluding carboxylic acids is 2. The van der Waals surface area contributed by atoms with Gasteiger partial charge in [0.2, 0.25) is 11.8 Å². The monoisotopic (exact) mass is 407 g/mol. The largest absolute Gasteiger partial charge is 0.329 e. The summed E-state index contributed by atoms with van der Waals surface area (Å²) in [6.07, 6.45) is 1.44. The van der Waals surface area contributed by atoms with E-state index in [-0.39, 0.29) is 36.3 Å². The minimum absolute atomic E-state index is 0. The highest BCUT2D eigenvalue weighted by Gasteiger charge is 2.33. The number of nitrogens with two attached hydrogens (primary N) is 1. The molecule has 0 aromatic heterocycles. The summed E-state index contributed by atoms with van der Waals surface area (Å²) < 4.78 is 13.6. The molecule has 4 N–H and O–H groups in total. The number of halogens is 2. The molecule has 7 heteroatoms. The maximum absolute atomic E-state index is 13.6. The average molecular weight is 408 g/mol. The van der Waals surface area contributed by atoms with E-state index in [2.05, 4.69) is 10.6 Å². The van der Waals surface area contributed by atoms with E-state index in [0.29, 0.717) is 25.1 Å². The van der Waals surface area contributed by atoms with Crippen LogP contribution in [0.15, 0.2) is 48.5 Å². The van der Waals surface area contributed by atoms with E-state index in [4.69, 9.17) is 5.73 Å². The summed E-state index contributed by atoms with van der Waals surface area (Å²) in [6.45, 7) is 4.20. The van der Waals surface area contributed by atoms with Crippen LogP contribution in [0, 0.1) is 11.2 Å². The summed E-state index contributed by atoms with van der Waals surface area (Å²) >= 11 is 0. The van der Waals surface area contributed by atoms with Gasteiger partial charge < -0.3 is 16.4 Å². The number of rotatable bonds is 8. The molecule has 0 aliphatic carbocycles. The van der Waals surface area contributed by atoms with Crippen LogP contribution in [-0.4, -0.2) is 18.4 Å². The lowest BCUT2D eigenvalue weighted by molar-refractivity contribution is -0.125. The summed E-state index contributed by atoms with van der Waals surface area (Å²) in [5.74, 6) is -0.879. The van der Waals surface area contributed by atoms with E-state index < -0.39 is 11.2 Å². The average Bonchev–Trinajstić information content (AvgIpc) is 2.67. The topological polar surface area (TPSA) is 84.2 Å². The Morgan fingerprint density at radius 3 is 2.14 bits per heavy atom. The van der Waals surface area contributed by atoms with Crippen molar-refractivity contribution in [2.24, 2.45) is 11.1 Å². The Morgan fingerprint density at radius 2 is 1.61 bits per heavy atom. The first-order chi connectivity index (χ1) is 12.9. The van der Waals surface area contributed by atoms with Crippen LogP contribution in [0.5, 0.6) is 0 Å². The minimum atomic E-state index is -0.571. The molecule has 0 aliphatic rings. The van der Waals surface area contributed by atoms with Crippen molar-refractivity contribution in [2.75, 3.05) is 17.2 Å². The van der Waals surface area contributed by atoms with Gasteiger partial charge in [-0.05, 0) is 42.7 Å². The highest BCUT2D eigenvalue weighted by molar-refractivity contribution is 5.96. The standard InChI is InChI=1S/C21H26FN3O2.ClH/c1-3-21(4-2,14-23)20(27)24-16-11-9-15(10-12-16)13-19(26)25-18-8-6-5-7-17(18)22;/h5-12H,3-4,13-14,23H2,1-2H3,(H,24,27)(H,25,26);1H. The predicted octanol–water partition coefficient (Wildman–Crippen LogP) is 4.13. The van der Waals surface area contributed by atoms with Crippen molar-refractivity contribution in [1.82, 2.24) is 0 Å². The van der Waals surface area contributed by atoms with Crippen LogP contribution < -0.4 is 16.4 Å². The van der Waals surface area contributed by atoms with Gasteiger partial charge >= 0.3 is 0 Å². The van der Waals surface area contributed by atoms with Gasteiger partial charge in [0, 0.05) is 12.2 Å². The van der Waals surface area contributed by atoms with Crippen LogP contribution in [0.4, 0.5) is 15.8 Å². The third kappa shape index (κ3) is 5.78. The van der Waals surface area contributed by atoms with Gasteiger partial charge in [-0.2, -0.15) is 0 Å². The van der Waals surface area contributed by atoms with E-state index in [1.165, 1.54) is 12.1 Å². The maximum atomic E-state index is 13.6. The molecule has 0 unspecified atom stereocenters. The third-order valence-corrected chi connectivity index (χ3v) is 4.95. The molecule has 28 heavy (non-hydrogen) atoms. The zero-order chi connectivity index (χ0) is 19.9. The van der Waals surface area contributed by atoms with Gasteiger partial charge in [0.25, 0.3) is 0 Å². The quantitative estimate of drug-likeness (QED) is 0.615. The molecule has 0 saturated carbocycles. The summed E-state index contributed by atoms with van der Waals surface area (Å²) in [5, 5.41) is 5.45. The molecule has 0 saturated heterocycles. The molecule has 0 radical (unpaired) electrons. The molecule has 0 heterocycles. The van der Waals surface area contributed by atoms with Gasteiger partial charge in [-0.25, -0.2) is 4.39 Å². The number of carbonyl (C=O) groups is 2. The summed E-state index contributed by atoms with van der Waals surface area (Å²) in [5.41, 5.74) is 6.80. The second-order valence-electron chi connectivity index (χ2n) is 6.55. The van der Waals surface area contributed by atoms with Crippen molar-refractivity contribution in [3.05, 3.63) is 59.9 Å². The van der Waals surface area contributed by atoms with Gasteiger partial charge in [-0.15, -0.1) is 12.4 Å². The Kier molecular flexibility index (Phi) is 9.09. The lowest BCUT2D eigenvalue weighted by Crippen LogP contribution is -2.41. The third-order valence-electron chi connectivity index (χ3n) is 4.95. The molecule has 0 aliphatic heterocycles. The molecule has 0 atom stereocenters. The van der Waals surface area contributed by atoms with Gasteiger partial charge in [0.1, 0.15) is 5.82 Å². The Hall–Kier alpha value is -2.44. The number of benzene rings is 2. The molecular weight excluding hydrogens is 381 g/mol. The first-order valence-electron chi connectivity index (χ1n) is 9.09. The zero-order valence-electron chi connectivity index (χ0n) is 16.1. The van der Waals surface area contributed by atoms with E-state index in [1.807, 2.05) is 13.8 Å².